The maximum absolute atomic E-state index is 9.51. The lowest BCUT2D eigenvalue weighted by Crippen LogP contribution is -2.26. The molecule has 158 valence electrons. The van der Waals surface area contributed by atoms with E-state index in [0.29, 0.717) is 6.42 Å². The highest BCUT2D eigenvalue weighted by Crippen LogP contribution is 2.39. The second-order valence-corrected chi connectivity index (χ2v) is 8.11. The number of hydrogen-bond donors (Lipinski definition) is 1. The van der Waals surface area contributed by atoms with E-state index in [0.717, 1.165) is 31.4 Å². The van der Waals surface area contributed by atoms with Crippen molar-refractivity contribution in [2.45, 2.75) is 102 Å². The van der Waals surface area contributed by atoms with Crippen LogP contribution in [0.25, 0.3) is 0 Å². The predicted octanol–water partition coefficient (Wildman–Crippen LogP) is 6.93. The summed E-state index contributed by atoms with van der Waals surface area (Å²) in [6.07, 6.45) is 16.3. The molecule has 0 saturated heterocycles. The minimum absolute atomic E-state index is 0.174. The van der Waals surface area contributed by atoms with Crippen LogP contribution in [0.4, 0.5) is 0 Å². The lowest BCUT2D eigenvalue weighted by atomic mass is 9.71. The molecular formula is C25H41NO2. The lowest BCUT2D eigenvalue weighted by molar-refractivity contribution is 0.251. The molecule has 1 aromatic carbocycles. The van der Waals surface area contributed by atoms with Crippen molar-refractivity contribution in [1.82, 2.24) is 0 Å². The molecule has 0 aliphatic heterocycles. The van der Waals surface area contributed by atoms with E-state index in [1.807, 2.05) is 12.1 Å². The van der Waals surface area contributed by atoms with E-state index in [4.69, 9.17) is 4.74 Å². The number of aliphatic hydroxyl groups excluding tert-OH is 1. The zero-order valence-corrected chi connectivity index (χ0v) is 18.2. The number of benzene rings is 1. The molecule has 3 nitrogen and oxygen atoms in total. The molecule has 0 aliphatic carbocycles. The Morgan fingerprint density at radius 2 is 1.54 bits per heavy atom. The fourth-order valence-corrected chi connectivity index (χ4v) is 4.17. The Labute approximate surface area is 173 Å². The first-order chi connectivity index (χ1) is 13.7. The Bertz CT molecular complexity index is 552. The summed E-state index contributed by atoms with van der Waals surface area (Å²) in [5.74, 6) is 0.840. The van der Waals surface area contributed by atoms with E-state index in [1.54, 1.807) is 7.11 Å². The second-order valence-electron chi connectivity index (χ2n) is 8.11. The zero-order chi connectivity index (χ0) is 20.5. The van der Waals surface area contributed by atoms with Gasteiger partial charge in [-0.1, -0.05) is 83.3 Å². The van der Waals surface area contributed by atoms with Crippen LogP contribution in [-0.4, -0.2) is 18.8 Å². The zero-order valence-electron chi connectivity index (χ0n) is 18.2. The maximum atomic E-state index is 9.51. The van der Waals surface area contributed by atoms with Gasteiger partial charge in [-0.25, -0.2) is 0 Å². The summed E-state index contributed by atoms with van der Waals surface area (Å²) in [4.78, 5) is 0. The topological polar surface area (TPSA) is 53.2 Å². The van der Waals surface area contributed by atoms with E-state index in [9.17, 15) is 10.4 Å². The van der Waals surface area contributed by atoms with Gasteiger partial charge in [0.2, 0.25) is 0 Å². The molecule has 0 saturated carbocycles. The van der Waals surface area contributed by atoms with Crippen molar-refractivity contribution in [3.05, 3.63) is 29.8 Å². The van der Waals surface area contributed by atoms with Crippen LogP contribution in [0.5, 0.6) is 5.75 Å². The molecule has 0 aromatic heterocycles. The molecule has 28 heavy (non-hydrogen) atoms. The van der Waals surface area contributed by atoms with Crippen LogP contribution < -0.4 is 4.74 Å². The predicted molar refractivity (Wildman–Crippen MR) is 118 cm³/mol. The first-order valence-electron chi connectivity index (χ1n) is 11.3. The number of nitriles is 1. The van der Waals surface area contributed by atoms with Gasteiger partial charge in [0.15, 0.2) is 0 Å². The summed E-state index contributed by atoms with van der Waals surface area (Å²) in [6, 6.07) is 10.6. The Kier molecular flexibility index (Phi) is 13.5. The van der Waals surface area contributed by atoms with Gasteiger partial charge in [0, 0.05) is 18.4 Å². The van der Waals surface area contributed by atoms with Crippen LogP contribution in [0, 0.1) is 11.3 Å². The van der Waals surface area contributed by atoms with Crippen molar-refractivity contribution in [1.29, 1.82) is 5.26 Å². The Balaban J connectivity index is 2.55. The smallest absolute Gasteiger partial charge is 0.119 e. The molecule has 3 heteroatoms. The number of hydrogen-bond acceptors (Lipinski definition) is 3. The van der Waals surface area contributed by atoms with Gasteiger partial charge in [-0.15, -0.1) is 0 Å². The molecule has 0 amide bonds. The van der Waals surface area contributed by atoms with Crippen molar-refractivity contribution < 1.29 is 9.84 Å². The van der Waals surface area contributed by atoms with E-state index in [2.05, 4.69) is 25.1 Å². The quantitative estimate of drug-likeness (QED) is 0.295. The van der Waals surface area contributed by atoms with Gasteiger partial charge in [-0.2, -0.15) is 5.26 Å². The molecule has 1 atom stereocenters. The van der Waals surface area contributed by atoms with Crippen molar-refractivity contribution >= 4 is 0 Å². The van der Waals surface area contributed by atoms with Gasteiger partial charge < -0.3 is 9.84 Å². The standard InChI is InChI=1S/C25H41NO2/c1-3-4-5-6-7-8-9-10-11-12-17-25(19-20-26,18-14-21-27)23-15-13-16-24(22-23)28-2/h13,15-16,22,27H,3-12,14,17-19,21H2,1-2H3. The molecule has 0 bridgehead atoms. The van der Waals surface area contributed by atoms with Gasteiger partial charge in [0.25, 0.3) is 0 Å². The van der Waals surface area contributed by atoms with Crippen LogP contribution in [-0.2, 0) is 5.41 Å². The largest absolute Gasteiger partial charge is 0.497 e. The third-order valence-electron chi connectivity index (χ3n) is 5.92. The van der Waals surface area contributed by atoms with E-state index < -0.39 is 0 Å². The van der Waals surface area contributed by atoms with Crippen LogP contribution in [0.15, 0.2) is 24.3 Å². The number of unbranched alkanes of at least 4 members (excludes halogenated alkanes) is 9. The minimum atomic E-state index is -0.174. The number of ether oxygens (including phenoxy) is 1. The summed E-state index contributed by atoms with van der Waals surface area (Å²) in [5, 5.41) is 18.9. The average molecular weight is 388 g/mol. The maximum Gasteiger partial charge on any atom is 0.119 e. The van der Waals surface area contributed by atoms with E-state index in [1.165, 1.54) is 63.4 Å². The van der Waals surface area contributed by atoms with Gasteiger partial charge in [-0.05, 0) is 37.0 Å². The number of rotatable bonds is 17. The SMILES string of the molecule is CCCCCCCCCCCCC(CC#N)(CCCO)c1cccc(OC)c1. The Morgan fingerprint density at radius 1 is 0.929 bits per heavy atom. The van der Waals surface area contributed by atoms with E-state index >= 15 is 0 Å². The molecule has 1 rings (SSSR count). The first-order valence-corrected chi connectivity index (χ1v) is 11.3. The van der Waals surface area contributed by atoms with Crippen molar-refractivity contribution in [2.24, 2.45) is 0 Å². The van der Waals surface area contributed by atoms with Crippen LogP contribution in [0.1, 0.15) is 102 Å². The molecule has 1 aromatic rings. The van der Waals surface area contributed by atoms with Crippen molar-refractivity contribution in [2.75, 3.05) is 13.7 Å². The molecule has 0 radical (unpaired) electrons. The Hall–Kier alpha value is -1.53. The molecule has 0 heterocycles. The lowest BCUT2D eigenvalue weighted by Gasteiger charge is -2.33. The minimum Gasteiger partial charge on any atom is -0.497 e. The Morgan fingerprint density at radius 3 is 2.11 bits per heavy atom. The third-order valence-corrected chi connectivity index (χ3v) is 5.92. The second kappa shape index (κ2) is 15.4. The van der Waals surface area contributed by atoms with Crippen molar-refractivity contribution in [3.8, 4) is 11.8 Å². The highest BCUT2D eigenvalue weighted by Gasteiger charge is 2.31. The van der Waals surface area contributed by atoms with E-state index in [-0.39, 0.29) is 12.0 Å². The summed E-state index contributed by atoms with van der Waals surface area (Å²) < 4.78 is 5.41. The molecule has 0 aliphatic rings. The number of nitrogens with zero attached hydrogens (tertiary/aromatic N) is 1. The number of aliphatic hydroxyl groups is 1. The average Bonchev–Trinajstić information content (AvgIpc) is 2.73. The monoisotopic (exact) mass is 387 g/mol. The van der Waals surface area contributed by atoms with Gasteiger partial charge >= 0.3 is 0 Å². The van der Waals surface area contributed by atoms with Gasteiger partial charge in [-0.3, -0.25) is 0 Å². The summed E-state index contributed by atoms with van der Waals surface area (Å²) in [6.45, 7) is 2.44. The summed E-state index contributed by atoms with van der Waals surface area (Å²) in [5.41, 5.74) is 1.00. The molecule has 0 fully saturated rings. The molecular weight excluding hydrogens is 346 g/mol. The van der Waals surface area contributed by atoms with Crippen LogP contribution in [0.3, 0.4) is 0 Å². The van der Waals surface area contributed by atoms with Gasteiger partial charge in [0.1, 0.15) is 5.75 Å². The fourth-order valence-electron chi connectivity index (χ4n) is 4.17. The highest BCUT2D eigenvalue weighted by molar-refractivity contribution is 5.34. The molecule has 1 N–H and O–H groups in total. The molecule has 0 spiro atoms. The van der Waals surface area contributed by atoms with Crippen molar-refractivity contribution in [3.63, 3.8) is 0 Å². The van der Waals surface area contributed by atoms with Crippen LogP contribution in [0.2, 0.25) is 0 Å². The van der Waals surface area contributed by atoms with Crippen LogP contribution >= 0.6 is 0 Å². The third kappa shape index (κ3) is 9.11. The summed E-state index contributed by atoms with van der Waals surface area (Å²) >= 11 is 0. The number of methoxy groups -OCH3 is 1. The normalized spacial score (nSPS) is 13.1. The summed E-state index contributed by atoms with van der Waals surface area (Å²) in [7, 11) is 1.68. The first kappa shape index (κ1) is 24.5. The fraction of sp³-hybridized carbons (Fsp3) is 0.720. The highest BCUT2D eigenvalue weighted by atomic mass is 16.5. The molecule has 1 unspecified atom stereocenters. The van der Waals surface area contributed by atoms with Gasteiger partial charge in [0.05, 0.1) is 13.2 Å².